The molecule has 1 atom stereocenters. The zero-order valence-electron chi connectivity index (χ0n) is 15.0. The number of rotatable bonds is 4. The minimum Gasteiger partial charge on any atom is -0.373 e. The largest absolute Gasteiger partial charge is 0.373 e. The molecule has 1 N–H and O–H groups in total. The van der Waals surface area contributed by atoms with Gasteiger partial charge in [-0.3, -0.25) is 9.58 Å². The Bertz CT molecular complexity index is 688. The number of nitrogens with zero attached hydrogens (tertiary/aromatic N) is 5. The molecule has 25 heavy (non-hydrogen) atoms. The molecule has 0 aromatic carbocycles. The first-order valence-electron chi connectivity index (χ1n) is 9.01. The summed E-state index contributed by atoms with van der Waals surface area (Å²) in [7, 11) is 2.00. The van der Waals surface area contributed by atoms with Gasteiger partial charge in [0.1, 0.15) is 0 Å². The molecule has 4 heterocycles. The molecule has 0 bridgehead atoms. The third-order valence-corrected chi connectivity index (χ3v) is 5.43. The van der Waals surface area contributed by atoms with Gasteiger partial charge in [-0.25, -0.2) is 9.97 Å². The third-order valence-electron chi connectivity index (χ3n) is 5.43. The lowest BCUT2D eigenvalue weighted by molar-refractivity contribution is -0.0450. The number of ether oxygens (including phenoxy) is 1. The molecule has 2 aliphatic rings. The molecule has 0 saturated carbocycles. The number of aromatic nitrogens is 4. The van der Waals surface area contributed by atoms with Crippen LogP contribution >= 0.6 is 0 Å². The van der Waals surface area contributed by atoms with Crippen LogP contribution in [0.2, 0.25) is 0 Å². The van der Waals surface area contributed by atoms with E-state index in [9.17, 15) is 0 Å². The molecule has 4 rings (SSSR count). The van der Waals surface area contributed by atoms with Crippen molar-refractivity contribution in [1.82, 2.24) is 24.6 Å². The first-order chi connectivity index (χ1) is 12.1. The number of nitrogens with one attached hydrogen (secondary N) is 1. The summed E-state index contributed by atoms with van der Waals surface area (Å²) in [5.74, 6) is 0.691. The Hall–Kier alpha value is -1.99. The van der Waals surface area contributed by atoms with Crippen molar-refractivity contribution in [3.05, 3.63) is 35.9 Å². The molecule has 0 amide bonds. The van der Waals surface area contributed by atoms with Crippen molar-refractivity contribution in [2.75, 3.05) is 25.0 Å². The first kappa shape index (κ1) is 16.5. The number of likely N-dealkylation sites (tertiary alicyclic amines) is 1. The fourth-order valence-corrected chi connectivity index (χ4v) is 3.90. The summed E-state index contributed by atoms with van der Waals surface area (Å²) in [6, 6.07) is 4.31. The molecular formula is C18H26N6O. The average Bonchev–Trinajstić information content (AvgIpc) is 3.14. The maximum atomic E-state index is 6.22. The van der Waals surface area contributed by atoms with Gasteiger partial charge >= 0.3 is 0 Å². The summed E-state index contributed by atoms with van der Waals surface area (Å²) in [5.41, 5.74) is 2.38. The molecular weight excluding hydrogens is 316 g/mol. The normalized spacial score (nSPS) is 23.2. The predicted octanol–water partition coefficient (Wildman–Crippen LogP) is 1.75. The average molecular weight is 342 g/mol. The van der Waals surface area contributed by atoms with E-state index in [-0.39, 0.29) is 5.60 Å². The van der Waals surface area contributed by atoms with Gasteiger partial charge in [-0.1, -0.05) is 0 Å². The molecule has 2 aromatic rings. The van der Waals surface area contributed by atoms with E-state index < -0.39 is 0 Å². The molecule has 2 saturated heterocycles. The van der Waals surface area contributed by atoms with E-state index in [1.165, 1.54) is 5.69 Å². The SMILES string of the molecule is Cc1cc(CN2CCC3(CC2)CC(Nc2ncccn2)CO3)nn1C. The maximum absolute atomic E-state index is 6.22. The zero-order chi connectivity index (χ0) is 17.3. The Labute approximate surface area is 148 Å². The van der Waals surface area contributed by atoms with Crippen molar-refractivity contribution in [2.24, 2.45) is 7.05 Å². The van der Waals surface area contributed by atoms with Gasteiger partial charge < -0.3 is 10.1 Å². The number of aryl methyl sites for hydroxylation is 2. The second kappa shape index (κ2) is 6.72. The van der Waals surface area contributed by atoms with E-state index in [0.717, 1.165) is 51.2 Å². The number of hydrogen-bond donors (Lipinski definition) is 1. The van der Waals surface area contributed by atoms with Gasteiger partial charge in [0.05, 0.1) is 23.9 Å². The van der Waals surface area contributed by atoms with Gasteiger partial charge in [0.25, 0.3) is 0 Å². The van der Waals surface area contributed by atoms with Crippen molar-refractivity contribution in [1.29, 1.82) is 0 Å². The van der Waals surface area contributed by atoms with E-state index in [0.29, 0.717) is 12.0 Å². The molecule has 2 aliphatic heterocycles. The fraction of sp³-hybridized carbons (Fsp3) is 0.611. The summed E-state index contributed by atoms with van der Waals surface area (Å²) in [4.78, 5) is 11.0. The molecule has 134 valence electrons. The summed E-state index contributed by atoms with van der Waals surface area (Å²) < 4.78 is 8.17. The third kappa shape index (κ3) is 3.67. The molecule has 0 aliphatic carbocycles. The van der Waals surface area contributed by atoms with Gasteiger partial charge in [-0.2, -0.15) is 5.10 Å². The van der Waals surface area contributed by atoms with Crippen molar-refractivity contribution < 1.29 is 4.74 Å². The summed E-state index contributed by atoms with van der Waals surface area (Å²) in [6.45, 7) is 5.88. The minimum absolute atomic E-state index is 0.0168. The Morgan fingerprint density at radius 3 is 2.72 bits per heavy atom. The number of piperidine rings is 1. The highest BCUT2D eigenvalue weighted by Gasteiger charge is 2.42. The van der Waals surface area contributed by atoms with Crippen LogP contribution in [0.1, 0.15) is 30.7 Å². The second-order valence-corrected chi connectivity index (χ2v) is 7.29. The van der Waals surface area contributed by atoms with E-state index in [1.807, 2.05) is 17.8 Å². The Kier molecular flexibility index (Phi) is 4.43. The van der Waals surface area contributed by atoms with Crippen LogP contribution in [0, 0.1) is 6.92 Å². The number of hydrogen-bond acceptors (Lipinski definition) is 6. The Morgan fingerprint density at radius 1 is 1.28 bits per heavy atom. The van der Waals surface area contributed by atoms with Crippen molar-refractivity contribution >= 4 is 5.95 Å². The van der Waals surface area contributed by atoms with Crippen LogP contribution in [-0.4, -0.2) is 56.0 Å². The van der Waals surface area contributed by atoms with Crippen LogP contribution in [0.3, 0.4) is 0 Å². The van der Waals surface area contributed by atoms with Gasteiger partial charge in [-0.05, 0) is 38.3 Å². The van der Waals surface area contributed by atoms with Crippen LogP contribution in [0.5, 0.6) is 0 Å². The summed E-state index contributed by atoms with van der Waals surface area (Å²) in [6.07, 6.45) is 6.71. The lowest BCUT2D eigenvalue weighted by atomic mass is 9.87. The highest BCUT2D eigenvalue weighted by molar-refractivity contribution is 5.25. The van der Waals surface area contributed by atoms with Crippen LogP contribution < -0.4 is 5.32 Å². The second-order valence-electron chi connectivity index (χ2n) is 7.29. The zero-order valence-corrected chi connectivity index (χ0v) is 15.0. The quantitative estimate of drug-likeness (QED) is 0.913. The summed E-state index contributed by atoms with van der Waals surface area (Å²) >= 11 is 0. The first-order valence-corrected chi connectivity index (χ1v) is 9.01. The maximum Gasteiger partial charge on any atom is 0.222 e. The molecule has 2 fully saturated rings. The molecule has 7 heteroatoms. The standard InChI is InChI=1S/C18H26N6O/c1-14-10-15(22-23(14)2)12-24-8-4-18(5-9-24)11-16(13-25-18)21-17-19-6-3-7-20-17/h3,6-7,10,16H,4-5,8-9,11-13H2,1-2H3,(H,19,20,21). The molecule has 1 spiro atoms. The minimum atomic E-state index is 0.0168. The molecule has 0 radical (unpaired) electrons. The Morgan fingerprint density at radius 2 is 2.04 bits per heavy atom. The van der Waals surface area contributed by atoms with Crippen LogP contribution in [0.15, 0.2) is 24.5 Å². The highest BCUT2D eigenvalue weighted by Crippen LogP contribution is 2.36. The lowest BCUT2D eigenvalue weighted by Crippen LogP contribution is -2.44. The predicted molar refractivity (Wildman–Crippen MR) is 95.2 cm³/mol. The monoisotopic (exact) mass is 342 g/mol. The van der Waals surface area contributed by atoms with Gasteiger partial charge in [0.15, 0.2) is 0 Å². The van der Waals surface area contributed by atoms with Crippen molar-refractivity contribution in [3.63, 3.8) is 0 Å². The molecule has 7 nitrogen and oxygen atoms in total. The fourth-order valence-electron chi connectivity index (χ4n) is 3.90. The van der Waals surface area contributed by atoms with Crippen molar-refractivity contribution in [2.45, 2.75) is 44.4 Å². The van der Waals surface area contributed by atoms with Crippen LogP contribution in [0.25, 0.3) is 0 Å². The molecule has 2 aromatic heterocycles. The van der Waals surface area contributed by atoms with E-state index >= 15 is 0 Å². The van der Waals surface area contributed by atoms with Gasteiger partial charge in [0.2, 0.25) is 5.95 Å². The van der Waals surface area contributed by atoms with Crippen LogP contribution in [-0.2, 0) is 18.3 Å². The smallest absolute Gasteiger partial charge is 0.222 e. The van der Waals surface area contributed by atoms with Gasteiger partial charge in [0, 0.05) is 44.8 Å². The Balaban J connectivity index is 1.29. The van der Waals surface area contributed by atoms with E-state index in [2.05, 4.69) is 38.3 Å². The van der Waals surface area contributed by atoms with E-state index in [1.54, 1.807) is 12.4 Å². The van der Waals surface area contributed by atoms with Crippen molar-refractivity contribution in [3.8, 4) is 0 Å². The van der Waals surface area contributed by atoms with E-state index in [4.69, 9.17) is 4.74 Å². The van der Waals surface area contributed by atoms with Crippen LogP contribution in [0.4, 0.5) is 5.95 Å². The summed E-state index contributed by atoms with van der Waals surface area (Å²) in [5, 5.41) is 7.97. The number of anilines is 1. The highest BCUT2D eigenvalue weighted by atomic mass is 16.5. The topological polar surface area (TPSA) is 68.1 Å². The molecule has 1 unspecified atom stereocenters. The lowest BCUT2D eigenvalue weighted by Gasteiger charge is -2.38. The van der Waals surface area contributed by atoms with Gasteiger partial charge in [-0.15, -0.1) is 0 Å².